The van der Waals surface area contributed by atoms with Crippen molar-refractivity contribution in [1.29, 1.82) is 0 Å². The fourth-order valence-corrected chi connectivity index (χ4v) is 3.59. The Hall–Kier alpha value is -0.350. The van der Waals surface area contributed by atoms with Gasteiger partial charge in [-0.15, -0.1) is 11.3 Å². The second kappa shape index (κ2) is 6.01. The quantitative estimate of drug-likeness (QED) is 0.796. The van der Waals surface area contributed by atoms with Crippen LogP contribution in [0.15, 0.2) is 15.2 Å². The van der Waals surface area contributed by atoms with Crippen LogP contribution < -0.4 is 0 Å². The molecule has 1 atom stereocenters. The third kappa shape index (κ3) is 3.10. The molecule has 1 aromatic heterocycles. The summed E-state index contributed by atoms with van der Waals surface area (Å²) in [6, 6.07) is 2.37. The zero-order valence-corrected chi connectivity index (χ0v) is 12.5. The summed E-state index contributed by atoms with van der Waals surface area (Å²) in [7, 11) is 0. The van der Waals surface area contributed by atoms with Crippen LogP contribution in [-0.2, 0) is 0 Å². The van der Waals surface area contributed by atoms with Gasteiger partial charge in [0.05, 0.1) is 9.35 Å². The molecule has 2 nitrogen and oxygen atoms in total. The molecule has 1 fully saturated rings. The highest BCUT2D eigenvalue weighted by Gasteiger charge is 2.25. The van der Waals surface area contributed by atoms with Gasteiger partial charge < -0.3 is 4.90 Å². The van der Waals surface area contributed by atoms with Gasteiger partial charge in [-0.25, -0.2) is 0 Å². The molecular weight excluding hydrogens is 298 g/mol. The minimum Gasteiger partial charge on any atom is -0.336 e. The number of nitrogens with zero attached hydrogens (tertiary/aromatic N) is 1. The van der Waals surface area contributed by atoms with Crippen LogP contribution in [0.4, 0.5) is 0 Å². The van der Waals surface area contributed by atoms with Crippen molar-refractivity contribution in [3.63, 3.8) is 0 Å². The molecule has 1 unspecified atom stereocenters. The highest BCUT2D eigenvalue weighted by Crippen LogP contribution is 2.25. The van der Waals surface area contributed by atoms with Crippen molar-refractivity contribution in [2.45, 2.75) is 45.1 Å². The largest absolute Gasteiger partial charge is 0.336 e. The molecule has 1 aliphatic heterocycles. The molecule has 1 saturated heterocycles. The Balaban J connectivity index is 2.15. The number of halogens is 1. The van der Waals surface area contributed by atoms with Crippen molar-refractivity contribution in [2.24, 2.45) is 0 Å². The molecular formula is C13H18BrNOS. The van der Waals surface area contributed by atoms with Gasteiger partial charge >= 0.3 is 0 Å². The Kier molecular flexibility index (Phi) is 4.62. The highest BCUT2D eigenvalue weighted by molar-refractivity contribution is 9.11. The molecule has 1 aromatic rings. The van der Waals surface area contributed by atoms with Gasteiger partial charge in [-0.2, -0.15) is 0 Å². The third-order valence-electron chi connectivity index (χ3n) is 3.42. The summed E-state index contributed by atoms with van der Waals surface area (Å²) in [4.78, 5) is 14.5. The molecule has 0 aromatic carbocycles. The molecule has 0 N–H and O–H groups in total. The van der Waals surface area contributed by atoms with Crippen molar-refractivity contribution in [2.75, 3.05) is 6.54 Å². The lowest BCUT2D eigenvalue weighted by molar-refractivity contribution is 0.0679. The molecule has 0 radical (unpaired) electrons. The van der Waals surface area contributed by atoms with E-state index in [1.165, 1.54) is 12.8 Å². The smallest absolute Gasteiger partial charge is 0.254 e. The monoisotopic (exact) mass is 315 g/mol. The molecule has 2 heterocycles. The van der Waals surface area contributed by atoms with Gasteiger partial charge in [0.15, 0.2) is 0 Å². The van der Waals surface area contributed by atoms with E-state index in [0.29, 0.717) is 6.04 Å². The summed E-state index contributed by atoms with van der Waals surface area (Å²) in [5, 5.41) is 1.95. The lowest BCUT2D eigenvalue weighted by Crippen LogP contribution is -2.39. The lowest BCUT2D eigenvalue weighted by atomic mass is 10.1. The van der Waals surface area contributed by atoms with Crippen molar-refractivity contribution in [3.05, 3.63) is 20.8 Å². The zero-order chi connectivity index (χ0) is 12.3. The van der Waals surface area contributed by atoms with Gasteiger partial charge in [-0.3, -0.25) is 4.79 Å². The van der Waals surface area contributed by atoms with Crippen LogP contribution >= 0.6 is 27.3 Å². The molecule has 2 rings (SSSR count). The van der Waals surface area contributed by atoms with E-state index in [-0.39, 0.29) is 5.91 Å². The fraction of sp³-hybridized carbons (Fsp3) is 0.615. The predicted molar refractivity (Wildman–Crippen MR) is 75.6 cm³/mol. The summed E-state index contributed by atoms with van der Waals surface area (Å²) in [6.07, 6.45) is 5.89. The Labute approximate surface area is 115 Å². The van der Waals surface area contributed by atoms with Crippen LogP contribution in [0.1, 0.15) is 49.4 Å². The minimum atomic E-state index is 0.209. The molecule has 1 aliphatic rings. The van der Waals surface area contributed by atoms with Crippen LogP contribution in [0.3, 0.4) is 0 Å². The van der Waals surface area contributed by atoms with E-state index in [4.69, 9.17) is 0 Å². The standard InChI is InChI=1S/C13H18BrNOS/c1-2-11-6-4-3-5-7-15(11)13(16)10-8-12(14)17-9-10/h8-9,11H,2-7H2,1H3. The van der Waals surface area contributed by atoms with E-state index in [2.05, 4.69) is 27.8 Å². The maximum atomic E-state index is 12.4. The van der Waals surface area contributed by atoms with Crippen LogP contribution in [0, 0.1) is 0 Å². The van der Waals surface area contributed by atoms with E-state index in [1.807, 2.05) is 11.4 Å². The van der Waals surface area contributed by atoms with E-state index in [1.54, 1.807) is 11.3 Å². The van der Waals surface area contributed by atoms with Gasteiger partial charge in [0.1, 0.15) is 0 Å². The van der Waals surface area contributed by atoms with Crippen LogP contribution in [-0.4, -0.2) is 23.4 Å². The summed E-state index contributed by atoms with van der Waals surface area (Å²) in [6.45, 7) is 3.10. The van der Waals surface area contributed by atoms with Crippen molar-refractivity contribution in [1.82, 2.24) is 4.90 Å². The first kappa shape index (κ1) is 13.1. The Morgan fingerprint density at radius 2 is 2.35 bits per heavy atom. The maximum absolute atomic E-state index is 12.4. The van der Waals surface area contributed by atoms with Gasteiger partial charge in [-0.05, 0) is 41.3 Å². The first-order valence-electron chi connectivity index (χ1n) is 6.27. The SMILES string of the molecule is CCC1CCCCCN1C(=O)c1csc(Br)c1. The van der Waals surface area contributed by atoms with Crippen molar-refractivity contribution < 1.29 is 4.79 Å². The first-order chi connectivity index (χ1) is 8.22. The summed E-state index contributed by atoms with van der Waals surface area (Å²) in [5.41, 5.74) is 0.835. The number of rotatable bonds is 2. The number of amides is 1. The second-order valence-corrected chi connectivity index (χ2v) is 6.84. The Morgan fingerprint density at radius 1 is 1.53 bits per heavy atom. The number of likely N-dealkylation sites (tertiary alicyclic amines) is 1. The number of thiophene rings is 1. The molecule has 1 amide bonds. The minimum absolute atomic E-state index is 0.209. The maximum Gasteiger partial charge on any atom is 0.254 e. The number of hydrogen-bond acceptors (Lipinski definition) is 2. The van der Waals surface area contributed by atoms with Gasteiger partial charge in [0.25, 0.3) is 5.91 Å². The van der Waals surface area contributed by atoms with Crippen LogP contribution in [0.2, 0.25) is 0 Å². The zero-order valence-electron chi connectivity index (χ0n) is 10.1. The molecule has 0 spiro atoms. The fourth-order valence-electron chi connectivity index (χ4n) is 2.46. The molecule has 4 heteroatoms. The topological polar surface area (TPSA) is 20.3 Å². The molecule has 0 bridgehead atoms. The first-order valence-corrected chi connectivity index (χ1v) is 7.94. The second-order valence-electron chi connectivity index (χ2n) is 4.55. The van der Waals surface area contributed by atoms with Gasteiger partial charge in [0.2, 0.25) is 0 Å². The van der Waals surface area contributed by atoms with E-state index in [9.17, 15) is 4.79 Å². The van der Waals surface area contributed by atoms with Gasteiger partial charge in [-0.1, -0.05) is 19.8 Å². The number of hydrogen-bond donors (Lipinski definition) is 0. The molecule has 94 valence electrons. The average Bonchev–Trinajstić information content (AvgIpc) is 2.64. The van der Waals surface area contributed by atoms with E-state index >= 15 is 0 Å². The molecule has 17 heavy (non-hydrogen) atoms. The predicted octanol–water partition coefficient (Wildman–Crippen LogP) is 4.31. The van der Waals surface area contributed by atoms with Crippen LogP contribution in [0.5, 0.6) is 0 Å². The number of carbonyl (C=O) groups is 1. The Bertz CT molecular complexity index is 391. The van der Waals surface area contributed by atoms with E-state index < -0.39 is 0 Å². The number of carbonyl (C=O) groups excluding carboxylic acids is 1. The molecule has 0 aliphatic carbocycles. The summed E-state index contributed by atoms with van der Waals surface area (Å²) in [5.74, 6) is 0.209. The van der Waals surface area contributed by atoms with Gasteiger partial charge in [0, 0.05) is 18.0 Å². The van der Waals surface area contributed by atoms with Crippen molar-refractivity contribution >= 4 is 33.2 Å². The third-order valence-corrected chi connectivity index (χ3v) is 4.93. The normalized spacial score (nSPS) is 21.3. The van der Waals surface area contributed by atoms with Crippen molar-refractivity contribution in [3.8, 4) is 0 Å². The van der Waals surface area contributed by atoms with E-state index in [0.717, 1.165) is 35.2 Å². The summed E-state index contributed by atoms with van der Waals surface area (Å²) >= 11 is 5.00. The van der Waals surface area contributed by atoms with Crippen LogP contribution in [0.25, 0.3) is 0 Å². The lowest BCUT2D eigenvalue weighted by Gasteiger charge is -2.29. The summed E-state index contributed by atoms with van der Waals surface area (Å²) < 4.78 is 1.03. The molecule has 0 saturated carbocycles. The highest BCUT2D eigenvalue weighted by atomic mass is 79.9. The Morgan fingerprint density at radius 3 is 3.00 bits per heavy atom. The average molecular weight is 316 g/mol.